The van der Waals surface area contributed by atoms with E-state index in [1.54, 1.807) is 6.07 Å². The molecule has 1 aromatic carbocycles. The standard InChI is InChI=1S/C13H17BrFNO/c14-12-3-4-13(15)11(7-12)9-16(5-6-17)8-10-1-2-10/h3-4,7,10,17H,1-2,5-6,8-9H2. The number of benzene rings is 1. The minimum Gasteiger partial charge on any atom is -0.395 e. The maximum atomic E-state index is 13.6. The fourth-order valence-electron chi connectivity index (χ4n) is 1.95. The van der Waals surface area contributed by atoms with Gasteiger partial charge in [0.25, 0.3) is 0 Å². The van der Waals surface area contributed by atoms with Gasteiger partial charge < -0.3 is 5.11 Å². The minimum atomic E-state index is -0.174. The first-order valence-corrected chi connectivity index (χ1v) is 6.75. The number of hydrogen-bond acceptors (Lipinski definition) is 2. The number of aliphatic hydroxyl groups excluding tert-OH is 1. The van der Waals surface area contributed by atoms with Crippen LogP contribution in [0.2, 0.25) is 0 Å². The molecule has 0 unspecified atom stereocenters. The molecule has 2 rings (SSSR count). The fraction of sp³-hybridized carbons (Fsp3) is 0.538. The van der Waals surface area contributed by atoms with Crippen LogP contribution in [-0.4, -0.2) is 29.7 Å². The third-order valence-corrected chi connectivity index (χ3v) is 3.52. The molecule has 1 saturated carbocycles. The van der Waals surface area contributed by atoms with Crippen molar-refractivity contribution in [2.75, 3.05) is 19.7 Å². The van der Waals surface area contributed by atoms with Crippen molar-refractivity contribution in [1.29, 1.82) is 0 Å². The van der Waals surface area contributed by atoms with Gasteiger partial charge in [0.2, 0.25) is 0 Å². The van der Waals surface area contributed by atoms with Crippen LogP contribution in [0.5, 0.6) is 0 Å². The van der Waals surface area contributed by atoms with E-state index >= 15 is 0 Å². The molecule has 0 heterocycles. The maximum absolute atomic E-state index is 13.6. The van der Waals surface area contributed by atoms with Gasteiger partial charge in [0.1, 0.15) is 5.82 Å². The largest absolute Gasteiger partial charge is 0.395 e. The van der Waals surface area contributed by atoms with Crippen LogP contribution in [0.4, 0.5) is 4.39 Å². The normalized spacial score (nSPS) is 15.5. The molecule has 1 aromatic rings. The van der Waals surface area contributed by atoms with Crippen molar-refractivity contribution >= 4 is 15.9 Å². The van der Waals surface area contributed by atoms with Crippen LogP contribution in [-0.2, 0) is 6.54 Å². The first-order chi connectivity index (χ1) is 8.19. The Labute approximate surface area is 110 Å². The zero-order valence-electron chi connectivity index (χ0n) is 9.70. The van der Waals surface area contributed by atoms with Crippen molar-refractivity contribution in [3.05, 3.63) is 34.1 Å². The highest BCUT2D eigenvalue weighted by atomic mass is 79.9. The summed E-state index contributed by atoms with van der Waals surface area (Å²) in [5, 5.41) is 9.03. The molecule has 2 nitrogen and oxygen atoms in total. The average Bonchev–Trinajstić information content (AvgIpc) is 3.08. The van der Waals surface area contributed by atoms with E-state index < -0.39 is 0 Å². The Morgan fingerprint density at radius 2 is 2.18 bits per heavy atom. The van der Waals surface area contributed by atoms with E-state index in [2.05, 4.69) is 20.8 Å². The van der Waals surface area contributed by atoms with Crippen LogP contribution in [0.1, 0.15) is 18.4 Å². The van der Waals surface area contributed by atoms with Gasteiger partial charge in [0.15, 0.2) is 0 Å². The molecule has 1 aliphatic carbocycles. The molecule has 1 fully saturated rings. The second kappa shape index (κ2) is 5.94. The van der Waals surface area contributed by atoms with E-state index in [9.17, 15) is 4.39 Å². The molecule has 0 spiro atoms. The molecule has 1 N–H and O–H groups in total. The topological polar surface area (TPSA) is 23.5 Å². The molecule has 1 aliphatic rings. The Morgan fingerprint density at radius 1 is 1.41 bits per heavy atom. The Kier molecular flexibility index (Phi) is 4.54. The van der Waals surface area contributed by atoms with E-state index in [1.165, 1.54) is 18.9 Å². The Morgan fingerprint density at radius 3 is 2.82 bits per heavy atom. The molecule has 94 valence electrons. The summed E-state index contributed by atoms with van der Waals surface area (Å²) in [6.45, 7) is 2.28. The van der Waals surface area contributed by atoms with Gasteiger partial charge in [-0.25, -0.2) is 4.39 Å². The molecular weight excluding hydrogens is 285 g/mol. The van der Waals surface area contributed by atoms with Gasteiger partial charge in [-0.15, -0.1) is 0 Å². The fourth-order valence-corrected chi connectivity index (χ4v) is 2.36. The van der Waals surface area contributed by atoms with Gasteiger partial charge in [-0.3, -0.25) is 4.90 Å². The van der Waals surface area contributed by atoms with Crippen LogP contribution in [0, 0.1) is 11.7 Å². The third kappa shape index (κ3) is 4.05. The Bertz CT molecular complexity index is 382. The third-order valence-electron chi connectivity index (χ3n) is 3.03. The number of aliphatic hydroxyl groups is 1. The molecule has 0 atom stereocenters. The van der Waals surface area contributed by atoms with Gasteiger partial charge in [0, 0.05) is 29.7 Å². The lowest BCUT2D eigenvalue weighted by atomic mass is 10.2. The van der Waals surface area contributed by atoms with Crippen LogP contribution in [0.3, 0.4) is 0 Å². The molecule has 0 aromatic heterocycles. The summed E-state index contributed by atoms with van der Waals surface area (Å²) >= 11 is 3.35. The molecule has 4 heteroatoms. The highest BCUT2D eigenvalue weighted by molar-refractivity contribution is 9.10. The van der Waals surface area contributed by atoms with E-state index in [0.29, 0.717) is 18.7 Å². The maximum Gasteiger partial charge on any atom is 0.127 e. The van der Waals surface area contributed by atoms with Crippen molar-refractivity contribution in [2.24, 2.45) is 5.92 Å². The summed E-state index contributed by atoms with van der Waals surface area (Å²) in [5.41, 5.74) is 0.688. The predicted octanol–water partition coefficient (Wildman–Crippen LogP) is 2.79. The molecular formula is C13H17BrFNO. The number of hydrogen-bond donors (Lipinski definition) is 1. The second-order valence-electron chi connectivity index (χ2n) is 4.64. The first-order valence-electron chi connectivity index (χ1n) is 5.96. The number of nitrogens with zero attached hydrogens (tertiary/aromatic N) is 1. The summed E-state index contributed by atoms with van der Waals surface area (Å²) in [4.78, 5) is 2.13. The van der Waals surface area contributed by atoms with Crippen LogP contribution >= 0.6 is 15.9 Å². The Balaban J connectivity index is 2.01. The van der Waals surface area contributed by atoms with Crippen molar-refractivity contribution in [2.45, 2.75) is 19.4 Å². The first kappa shape index (κ1) is 13.0. The average molecular weight is 302 g/mol. The summed E-state index contributed by atoms with van der Waals surface area (Å²) in [6.07, 6.45) is 2.53. The SMILES string of the molecule is OCCN(Cc1cc(Br)ccc1F)CC1CC1. The predicted molar refractivity (Wildman–Crippen MR) is 69.2 cm³/mol. The van der Waals surface area contributed by atoms with Gasteiger partial charge >= 0.3 is 0 Å². The molecule has 0 aliphatic heterocycles. The van der Waals surface area contributed by atoms with Crippen molar-refractivity contribution in [1.82, 2.24) is 4.90 Å². The lowest BCUT2D eigenvalue weighted by Gasteiger charge is -2.21. The van der Waals surface area contributed by atoms with E-state index in [1.807, 2.05) is 6.07 Å². The summed E-state index contributed by atoms with van der Waals surface area (Å²) < 4.78 is 14.5. The highest BCUT2D eigenvalue weighted by Gasteiger charge is 2.24. The minimum absolute atomic E-state index is 0.127. The number of halogens is 2. The Hall–Kier alpha value is -0.450. The monoisotopic (exact) mass is 301 g/mol. The zero-order chi connectivity index (χ0) is 12.3. The van der Waals surface area contributed by atoms with Crippen molar-refractivity contribution < 1.29 is 9.50 Å². The van der Waals surface area contributed by atoms with Crippen LogP contribution in [0.25, 0.3) is 0 Å². The molecule has 0 radical (unpaired) electrons. The lowest BCUT2D eigenvalue weighted by Crippen LogP contribution is -2.29. The van der Waals surface area contributed by atoms with E-state index in [4.69, 9.17) is 5.11 Å². The quantitative estimate of drug-likeness (QED) is 0.873. The van der Waals surface area contributed by atoms with Crippen molar-refractivity contribution in [3.8, 4) is 0 Å². The smallest absolute Gasteiger partial charge is 0.127 e. The molecule has 17 heavy (non-hydrogen) atoms. The lowest BCUT2D eigenvalue weighted by molar-refractivity contribution is 0.183. The van der Waals surface area contributed by atoms with Gasteiger partial charge in [0.05, 0.1) is 6.61 Å². The van der Waals surface area contributed by atoms with Crippen LogP contribution in [0.15, 0.2) is 22.7 Å². The van der Waals surface area contributed by atoms with Gasteiger partial charge in [-0.1, -0.05) is 15.9 Å². The second-order valence-corrected chi connectivity index (χ2v) is 5.55. The van der Waals surface area contributed by atoms with Crippen molar-refractivity contribution in [3.63, 3.8) is 0 Å². The summed E-state index contributed by atoms with van der Waals surface area (Å²) in [6, 6.07) is 5.00. The number of rotatable bonds is 6. The zero-order valence-corrected chi connectivity index (χ0v) is 11.3. The molecule has 0 saturated heterocycles. The summed E-state index contributed by atoms with van der Waals surface area (Å²) in [5.74, 6) is 0.573. The van der Waals surface area contributed by atoms with Gasteiger partial charge in [-0.05, 0) is 37.0 Å². The van der Waals surface area contributed by atoms with E-state index in [0.717, 1.165) is 16.9 Å². The highest BCUT2D eigenvalue weighted by Crippen LogP contribution is 2.30. The van der Waals surface area contributed by atoms with Gasteiger partial charge in [-0.2, -0.15) is 0 Å². The summed E-state index contributed by atoms with van der Waals surface area (Å²) in [7, 11) is 0. The van der Waals surface area contributed by atoms with Crippen LogP contribution < -0.4 is 0 Å². The molecule has 0 bridgehead atoms. The molecule has 0 amide bonds. The van der Waals surface area contributed by atoms with E-state index in [-0.39, 0.29) is 12.4 Å².